The third-order valence-corrected chi connectivity index (χ3v) is 4.79. The van der Waals surface area contributed by atoms with Gasteiger partial charge in [-0.15, -0.1) is 11.3 Å². The van der Waals surface area contributed by atoms with E-state index in [0.29, 0.717) is 10.9 Å². The van der Waals surface area contributed by atoms with Crippen LogP contribution in [0.3, 0.4) is 0 Å². The summed E-state index contributed by atoms with van der Waals surface area (Å²) >= 11 is 1.12. The molecule has 0 radical (unpaired) electrons. The molecule has 7 heteroatoms. The highest BCUT2D eigenvalue weighted by atomic mass is 32.1. The highest BCUT2D eigenvalue weighted by Gasteiger charge is 2.39. The third kappa shape index (κ3) is 3.12. The summed E-state index contributed by atoms with van der Waals surface area (Å²) in [5.74, 6) is -0.624. The molecule has 0 aliphatic heterocycles. The van der Waals surface area contributed by atoms with Gasteiger partial charge in [-0.1, -0.05) is 0 Å². The number of ether oxygens (including phenoxy) is 1. The van der Waals surface area contributed by atoms with Crippen molar-refractivity contribution in [1.82, 2.24) is 0 Å². The Labute approximate surface area is 127 Å². The molecule has 2 rings (SSSR count). The van der Waals surface area contributed by atoms with Crippen LogP contribution in [-0.2, 0) is 4.74 Å². The molecule has 1 aromatic heterocycles. The molecule has 1 aliphatic rings. The maximum Gasteiger partial charge on any atom is 0.350 e. The highest BCUT2D eigenvalue weighted by Crippen LogP contribution is 2.44. The zero-order chi connectivity index (χ0) is 15.8. The van der Waals surface area contributed by atoms with Gasteiger partial charge in [0, 0.05) is 5.54 Å². The van der Waals surface area contributed by atoms with Crippen molar-refractivity contribution in [2.75, 3.05) is 17.7 Å². The predicted octanol–water partition coefficient (Wildman–Crippen LogP) is 2.21. The number of carbonyl (C=O) groups excluding carboxylic acids is 2. The number of hydrogen-bond acceptors (Lipinski definition) is 6. The van der Waals surface area contributed by atoms with Crippen LogP contribution in [0.15, 0.2) is 0 Å². The molecule has 1 heterocycles. The summed E-state index contributed by atoms with van der Waals surface area (Å²) in [6, 6.07) is 0. The molecule has 0 atom stereocenters. The van der Waals surface area contributed by atoms with Crippen molar-refractivity contribution in [3.05, 3.63) is 10.4 Å². The summed E-state index contributed by atoms with van der Waals surface area (Å²) in [4.78, 5) is 23.8. The quantitative estimate of drug-likeness (QED) is 0.698. The van der Waals surface area contributed by atoms with Crippen LogP contribution in [0.2, 0.25) is 0 Å². The van der Waals surface area contributed by atoms with Crippen LogP contribution in [0.25, 0.3) is 0 Å². The van der Waals surface area contributed by atoms with Crippen molar-refractivity contribution in [2.45, 2.75) is 39.2 Å². The standard InChI is InChI=1S/C14H21N3O3S/c1-4-20-13(19)10-9(15)8(11(16)18)12(21-10)17-14(2,3)7-5-6-7/h7,17H,4-6,15H2,1-3H3,(H2,16,18). The second kappa shape index (κ2) is 5.55. The predicted molar refractivity (Wildman–Crippen MR) is 83.6 cm³/mol. The molecule has 1 aromatic rings. The summed E-state index contributed by atoms with van der Waals surface area (Å²) in [5, 5.41) is 3.86. The topological polar surface area (TPSA) is 107 Å². The van der Waals surface area contributed by atoms with E-state index in [2.05, 4.69) is 19.2 Å². The average molecular weight is 311 g/mol. The van der Waals surface area contributed by atoms with Gasteiger partial charge in [-0.2, -0.15) is 0 Å². The number of amides is 1. The number of nitrogens with two attached hydrogens (primary N) is 2. The van der Waals surface area contributed by atoms with Gasteiger partial charge in [0.15, 0.2) is 0 Å². The van der Waals surface area contributed by atoms with Crippen molar-refractivity contribution < 1.29 is 14.3 Å². The van der Waals surface area contributed by atoms with Gasteiger partial charge in [0.25, 0.3) is 5.91 Å². The average Bonchev–Trinajstić information content (AvgIpc) is 3.15. The number of hydrogen-bond donors (Lipinski definition) is 3. The first-order valence-corrected chi connectivity index (χ1v) is 7.77. The van der Waals surface area contributed by atoms with Crippen molar-refractivity contribution in [2.24, 2.45) is 11.7 Å². The zero-order valence-corrected chi connectivity index (χ0v) is 13.3. The molecule has 1 amide bonds. The summed E-state index contributed by atoms with van der Waals surface area (Å²) in [5.41, 5.74) is 11.4. The molecule has 0 saturated heterocycles. The molecule has 0 aromatic carbocycles. The van der Waals surface area contributed by atoms with Crippen molar-refractivity contribution in [3.63, 3.8) is 0 Å². The van der Waals surface area contributed by atoms with Crippen LogP contribution in [0.5, 0.6) is 0 Å². The highest BCUT2D eigenvalue weighted by molar-refractivity contribution is 7.19. The van der Waals surface area contributed by atoms with E-state index in [0.717, 1.165) is 24.2 Å². The van der Waals surface area contributed by atoms with E-state index in [1.165, 1.54) is 0 Å². The van der Waals surface area contributed by atoms with Crippen LogP contribution < -0.4 is 16.8 Å². The van der Waals surface area contributed by atoms with Gasteiger partial charge in [-0.05, 0) is 39.5 Å². The molecule has 1 fully saturated rings. The summed E-state index contributed by atoms with van der Waals surface area (Å²) in [6.07, 6.45) is 2.30. The SMILES string of the molecule is CCOC(=O)c1sc(NC(C)(C)C2CC2)c(C(N)=O)c1N. The Morgan fingerprint density at radius 3 is 2.52 bits per heavy atom. The molecule has 1 saturated carbocycles. The first-order valence-electron chi connectivity index (χ1n) is 6.95. The number of esters is 1. The minimum absolute atomic E-state index is 0.0973. The van der Waals surface area contributed by atoms with Crippen LogP contribution in [0.1, 0.15) is 53.6 Å². The smallest absolute Gasteiger partial charge is 0.350 e. The van der Waals surface area contributed by atoms with E-state index < -0.39 is 11.9 Å². The lowest BCUT2D eigenvalue weighted by molar-refractivity contribution is 0.0533. The lowest BCUT2D eigenvalue weighted by atomic mass is 9.99. The zero-order valence-electron chi connectivity index (χ0n) is 12.5. The third-order valence-electron chi connectivity index (χ3n) is 3.69. The Morgan fingerprint density at radius 1 is 1.43 bits per heavy atom. The molecule has 116 valence electrons. The number of thiophene rings is 1. The Balaban J connectivity index is 2.37. The number of rotatable bonds is 6. The van der Waals surface area contributed by atoms with Crippen molar-refractivity contribution in [1.29, 1.82) is 0 Å². The molecular weight excluding hydrogens is 290 g/mol. The van der Waals surface area contributed by atoms with Crippen molar-refractivity contribution >= 4 is 33.9 Å². The fraction of sp³-hybridized carbons (Fsp3) is 0.571. The second-order valence-electron chi connectivity index (χ2n) is 5.75. The molecule has 21 heavy (non-hydrogen) atoms. The molecular formula is C14H21N3O3S. The second-order valence-corrected chi connectivity index (χ2v) is 6.78. The Kier molecular flexibility index (Phi) is 4.13. The first-order chi connectivity index (χ1) is 9.77. The van der Waals surface area contributed by atoms with Crippen LogP contribution in [0.4, 0.5) is 10.7 Å². The van der Waals surface area contributed by atoms with Crippen LogP contribution in [-0.4, -0.2) is 24.0 Å². The van der Waals surface area contributed by atoms with Gasteiger partial charge in [0.2, 0.25) is 0 Å². The maximum atomic E-state index is 11.9. The minimum Gasteiger partial charge on any atom is -0.462 e. The van der Waals surface area contributed by atoms with Crippen LogP contribution in [0, 0.1) is 5.92 Å². The number of carbonyl (C=O) groups is 2. The van der Waals surface area contributed by atoms with Gasteiger partial charge in [0.1, 0.15) is 9.88 Å². The van der Waals surface area contributed by atoms with E-state index in [-0.39, 0.29) is 28.3 Å². The molecule has 1 aliphatic carbocycles. The lowest BCUT2D eigenvalue weighted by Crippen LogP contribution is -2.33. The van der Waals surface area contributed by atoms with E-state index in [1.54, 1.807) is 6.92 Å². The molecule has 5 N–H and O–H groups in total. The van der Waals surface area contributed by atoms with Crippen molar-refractivity contribution in [3.8, 4) is 0 Å². The fourth-order valence-corrected chi connectivity index (χ4v) is 3.51. The molecule has 0 unspecified atom stereocenters. The normalized spacial score (nSPS) is 14.8. The van der Waals surface area contributed by atoms with E-state index in [1.807, 2.05) is 0 Å². The van der Waals surface area contributed by atoms with Crippen LogP contribution >= 0.6 is 11.3 Å². The van der Waals surface area contributed by atoms with Gasteiger partial charge in [-0.3, -0.25) is 4.79 Å². The first kappa shape index (κ1) is 15.6. The maximum absolute atomic E-state index is 11.9. The van der Waals surface area contributed by atoms with E-state index >= 15 is 0 Å². The Hall–Kier alpha value is -1.76. The van der Waals surface area contributed by atoms with E-state index in [9.17, 15) is 9.59 Å². The molecule has 0 spiro atoms. The Bertz CT molecular complexity index is 576. The molecule has 0 bridgehead atoms. The lowest BCUT2D eigenvalue weighted by Gasteiger charge is -2.27. The summed E-state index contributed by atoms with van der Waals surface area (Å²) in [7, 11) is 0. The summed E-state index contributed by atoms with van der Waals surface area (Å²) < 4.78 is 4.96. The largest absolute Gasteiger partial charge is 0.462 e. The number of nitrogens with one attached hydrogen (secondary N) is 1. The van der Waals surface area contributed by atoms with Gasteiger partial charge < -0.3 is 21.5 Å². The number of anilines is 2. The van der Waals surface area contributed by atoms with Gasteiger partial charge >= 0.3 is 5.97 Å². The fourth-order valence-electron chi connectivity index (χ4n) is 2.32. The number of primary amides is 1. The number of nitrogen functional groups attached to an aromatic ring is 1. The van der Waals surface area contributed by atoms with E-state index in [4.69, 9.17) is 16.2 Å². The minimum atomic E-state index is -0.645. The molecule has 6 nitrogen and oxygen atoms in total. The van der Waals surface area contributed by atoms with Gasteiger partial charge in [-0.25, -0.2) is 4.79 Å². The Morgan fingerprint density at radius 2 is 2.05 bits per heavy atom. The monoisotopic (exact) mass is 311 g/mol. The summed E-state index contributed by atoms with van der Waals surface area (Å²) in [6.45, 7) is 6.09. The van der Waals surface area contributed by atoms with Gasteiger partial charge in [0.05, 0.1) is 17.9 Å².